The van der Waals surface area contributed by atoms with E-state index in [1.807, 2.05) is 0 Å². The van der Waals surface area contributed by atoms with Gasteiger partial charge in [0.2, 0.25) is 5.91 Å². The number of alkyl halides is 3. The fourth-order valence-corrected chi connectivity index (χ4v) is 1.95. The molecule has 1 amide bonds. The second-order valence-electron chi connectivity index (χ2n) is 4.15. The number of aromatic carboxylic acids is 1. The highest BCUT2D eigenvalue weighted by Crippen LogP contribution is 2.29. The molecular formula is C13H14F3NO3S. The number of hydrogen-bond acceptors (Lipinski definition) is 3. The molecule has 2 N–H and O–H groups in total. The van der Waals surface area contributed by atoms with Crippen LogP contribution in [-0.4, -0.2) is 34.8 Å². The van der Waals surface area contributed by atoms with Crippen LogP contribution < -0.4 is 5.32 Å². The molecule has 0 aliphatic heterocycles. The van der Waals surface area contributed by atoms with Gasteiger partial charge in [-0.1, -0.05) is 12.1 Å². The van der Waals surface area contributed by atoms with Gasteiger partial charge in [-0.15, -0.1) is 0 Å². The number of amides is 1. The lowest BCUT2D eigenvalue weighted by molar-refractivity contribution is -0.120. The molecule has 0 saturated carbocycles. The average Bonchev–Trinajstić information content (AvgIpc) is 2.41. The van der Waals surface area contributed by atoms with Gasteiger partial charge in [-0.2, -0.15) is 13.2 Å². The highest BCUT2D eigenvalue weighted by atomic mass is 32.2. The molecule has 0 saturated heterocycles. The number of aryl methyl sites for hydroxylation is 1. The van der Waals surface area contributed by atoms with Crippen molar-refractivity contribution >= 4 is 23.6 Å². The summed E-state index contributed by atoms with van der Waals surface area (Å²) in [6, 6.07) is 6.09. The van der Waals surface area contributed by atoms with Crippen molar-refractivity contribution in [1.29, 1.82) is 0 Å². The van der Waals surface area contributed by atoms with Gasteiger partial charge in [0.1, 0.15) is 0 Å². The van der Waals surface area contributed by atoms with Crippen LogP contribution in [0.2, 0.25) is 0 Å². The minimum atomic E-state index is -4.28. The number of carboxylic acids is 1. The van der Waals surface area contributed by atoms with Crippen molar-refractivity contribution in [1.82, 2.24) is 5.32 Å². The van der Waals surface area contributed by atoms with E-state index in [1.54, 1.807) is 12.1 Å². The van der Waals surface area contributed by atoms with Gasteiger partial charge in [-0.3, -0.25) is 4.79 Å². The van der Waals surface area contributed by atoms with Crippen LogP contribution in [0.5, 0.6) is 0 Å². The van der Waals surface area contributed by atoms with Crippen LogP contribution in [0.3, 0.4) is 0 Å². The van der Waals surface area contributed by atoms with Gasteiger partial charge in [0, 0.05) is 18.7 Å². The lowest BCUT2D eigenvalue weighted by atomic mass is 10.1. The first-order valence-corrected chi connectivity index (χ1v) is 7.06. The molecule has 0 fully saturated rings. The Morgan fingerprint density at radius 3 is 2.33 bits per heavy atom. The zero-order valence-electron chi connectivity index (χ0n) is 10.9. The number of benzene rings is 1. The minimum absolute atomic E-state index is 0.0407. The predicted molar refractivity (Wildman–Crippen MR) is 73.2 cm³/mol. The summed E-state index contributed by atoms with van der Waals surface area (Å²) in [5.41, 5.74) is -3.33. The molecule has 0 radical (unpaired) electrons. The highest BCUT2D eigenvalue weighted by Gasteiger charge is 2.27. The Morgan fingerprint density at radius 1 is 1.19 bits per heavy atom. The third-order valence-electron chi connectivity index (χ3n) is 2.53. The SMILES string of the molecule is O=C(CCc1ccc(C(=O)O)cc1)NCCSC(F)(F)F. The first kappa shape index (κ1) is 17.4. The summed E-state index contributed by atoms with van der Waals surface area (Å²) in [6.45, 7) is -0.0407. The Bertz CT molecular complexity index is 488. The van der Waals surface area contributed by atoms with E-state index in [9.17, 15) is 22.8 Å². The standard InChI is InChI=1S/C13H14F3NO3S/c14-13(15,16)21-8-7-17-11(18)6-3-9-1-4-10(5-2-9)12(19)20/h1-2,4-5H,3,6-8H2,(H,17,18)(H,19,20). The van der Waals surface area contributed by atoms with Crippen LogP contribution in [-0.2, 0) is 11.2 Å². The number of carbonyl (C=O) groups excluding carboxylic acids is 1. The van der Waals surface area contributed by atoms with E-state index in [2.05, 4.69) is 5.32 Å². The van der Waals surface area contributed by atoms with Crippen molar-refractivity contribution in [2.24, 2.45) is 0 Å². The quantitative estimate of drug-likeness (QED) is 0.758. The lowest BCUT2D eigenvalue weighted by Gasteiger charge is -2.07. The Kier molecular flexibility index (Phi) is 6.54. The van der Waals surface area contributed by atoms with Crippen molar-refractivity contribution in [3.8, 4) is 0 Å². The monoisotopic (exact) mass is 321 g/mol. The third-order valence-corrected chi connectivity index (χ3v) is 3.27. The summed E-state index contributed by atoms with van der Waals surface area (Å²) in [5.74, 6) is -1.58. The smallest absolute Gasteiger partial charge is 0.441 e. The average molecular weight is 321 g/mol. The molecular weight excluding hydrogens is 307 g/mol. The summed E-state index contributed by atoms with van der Waals surface area (Å²) in [4.78, 5) is 22.1. The number of halogens is 3. The molecule has 0 aliphatic rings. The Labute approximate surface area is 123 Å². The summed E-state index contributed by atoms with van der Waals surface area (Å²) in [7, 11) is 0. The molecule has 0 aliphatic carbocycles. The molecule has 0 unspecified atom stereocenters. The molecule has 0 heterocycles. The largest absolute Gasteiger partial charge is 0.478 e. The fourth-order valence-electron chi connectivity index (χ4n) is 1.52. The van der Waals surface area contributed by atoms with Gasteiger partial charge in [0.25, 0.3) is 0 Å². The zero-order chi connectivity index (χ0) is 15.9. The van der Waals surface area contributed by atoms with Crippen LogP contribution in [0.1, 0.15) is 22.3 Å². The van der Waals surface area contributed by atoms with Crippen LogP contribution >= 0.6 is 11.8 Å². The predicted octanol–water partition coefficient (Wildman–Crippen LogP) is 2.69. The van der Waals surface area contributed by atoms with E-state index in [-0.39, 0.29) is 42.0 Å². The van der Waals surface area contributed by atoms with Gasteiger partial charge in [0.15, 0.2) is 0 Å². The molecule has 0 bridgehead atoms. The molecule has 4 nitrogen and oxygen atoms in total. The lowest BCUT2D eigenvalue weighted by Crippen LogP contribution is -2.26. The number of carboxylic acid groups (broad SMARTS) is 1. The number of rotatable bonds is 7. The molecule has 0 aromatic heterocycles. The maximum Gasteiger partial charge on any atom is 0.441 e. The molecule has 1 aromatic rings. The van der Waals surface area contributed by atoms with Gasteiger partial charge in [-0.25, -0.2) is 4.79 Å². The summed E-state index contributed by atoms with van der Waals surface area (Å²) < 4.78 is 35.5. The molecule has 1 rings (SSSR count). The van der Waals surface area contributed by atoms with Crippen LogP contribution in [0, 0.1) is 0 Å². The number of carbonyl (C=O) groups is 2. The first-order chi connectivity index (χ1) is 9.78. The Hall–Kier alpha value is -1.70. The van der Waals surface area contributed by atoms with E-state index in [4.69, 9.17) is 5.11 Å². The summed E-state index contributed by atoms with van der Waals surface area (Å²) in [5, 5.41) is 11.1. The summed E-state index contributed by atoms with van der Waals surface area (Å²) in [6.07, 6.45) is 0.543. The van der Waals surface area contributed by atoms with E-state index in [0.717, 1.165) is 5.56 Å². The van der Waals surface area contributed by atoms with Crippen LogP contribution in [0.4, 0.5) is 13.2 Å². The summed E-state index contributed by atoms with van der Waals surface area (Å²) >= 11 is -0.176. The van der Waals surface area contributed by atoms with E-state index in [1.165, 1.54) is 12.1 Å². The fraction of sp³-hybridized carbons (Fsp3) is 0.385. The first-order valence-electron chi connectivity index (χ1n) is 6.07. The molecule has 0 spiro atoms. The van der Waals surface area contributed by atoms with Crippen molar-refractivity contribution in [3.05, 3.63) is 35.4 Å². The Balaban J connectivity index is 2.25. The minimum Gasteiger partial charge on any atom is -0.478 e. The van der Waals surface area contributed by atoms with Crippen molar-refractivity contribution in [2.45, 2.75) is 18.3 Å². The molecule has 21 heavy (non-hydrogen) atoms. The molecule has 0 atom stereocenters. The third kappa shape index (κ3) is 7.60. The van der Waals surface area contributed by atoms with Crippen molar-refractivity contribution in [2.75, 3.05) is 12.3 Å². The molecule has 116 valence electrons. The Morgan fingerprint density at radius 2 is 1.81 bits per heavy atom. The topological polar surface area (TPSA) is 66.4 Å². The van der Waals surface area contributed by atoms with E-state index < -0.39 is 11.5 Å². The number of nitrogens with one attached hydrogen (secondary N) is 1. The number of thioether (sulfide) groups is 1. The zero-order valence-corrected chi connectivity index (χ0v) is 11.8. The maximum absolute atomic E-state index is 11.8. The van der Waals surface area contributed by atoms with E-state index in [0.29, 0.717) is 6.42 Å². The second-order valence-corrected chi connectivity index (χ2v) is 5.31. The van der Waals surface area contributed by atoms with Gasteiger partial charge >= 0.3 is 11.5 Å². The molecule has 8 heteroatoms. The van der Waals surface area contributed by atoms with Gasteiger partial charge in [0.05, 0.1) is 5.56 Å². The van der Waals surface area contributed by atoms with Crippen molar-refractivity contribution < 1.29 is 27.9 Å². The van der Waals surface area contributed by atoms with Gasteiger partial charge in [-0.05, 0) is 35.9 Å². The van der Waals surface area contributed by atoms with Crippen LogP contribution in [0.15, 0.2) is 24.3 Å². The number of hydrogen-bond donors (Lipinski definition) is 2. The van der Waals surface area contributed by atoms with Crippen molar-refractivity contribution in [3.63, 3.8) is 0 Å². The normalized spacial score (nSPS) is 11.2. The highest BCUT2D eigenvalue weighted by molar-refractivity contribution is 8.00. The maximum atomic E-state index is 11.8. The van der Waals surface area contributed by atoms with E-state index >= 15 is 0 Å². The van der Waals surface area contributed by atoms with Crippen LogP contribution in [0.25, 0.3) is 0 Å². The second kappa shape index (κ2) is 7.92. The molecule has 1 aromatic carbocycles. The van der Waals surface area contributed by atoms with Gasteiger partial charge < -0.3 is 10.4 Å².